The number of aliphatic hydroxyl groups excluding tert-OH is 1. The third-order valence-electron chi connectivity index (χ3n) is 5.71. The Labute approximate surface area is 155 Å². The summed E-state index contributed by atoms with van der Waals surface area (Å²) < 4.78 is 7.50. The van der Waals surface area contributed by atoms with Crippen molar-refractivity contribution in [1.82, 2.24) is 24.9 Å². The zero-order valence-corrected chi connectivity index (χ0v) is 14.9. The first-order valence-corrected chi connectivity index (χ1v) is 9.43. The molecule has 0 radical (unpaired) electrons. The molecule has 1 aliphatic heterocycles. The van der Waals surface area contributed by atoms with E-state index >= 15 is 0 Å². The summed E-state index contributed by atoms with van der Waals surface area (Å²) in [5.74, 6) is 0.876. The first-order valence-electron chi connectivity index (χ1n) is 9.43. The molecule has 8 heteroatoms. The number of benzene rings is 1. The number of piperidine rings is 1. The van der Waals surface area contributed by atoms with Crippen LogP contribution in [0, 0.1) is 0 Å². The molecule has 3 aromatic rings. The fraction of sp³-hybridized carbons (Fsp3) is 0.474. The molecule has 1 N–H and O–H groups in total. The van der Waals surface area contributed by atoms with Crippen molar-refractivity contribution in [2.75, 3.05) is 13.1 Å². The molecule has 1 saturated carbocycles. The predicted molar refractivity (Wildman–Crippen MR) is 96.2 cm³/mol. The molecule has 1 saturated heterocycles. The lowest BCUT2D eigenvalue weighted by Gasteiger charge is -2.31. The predicted octanol–water partition coefficient (Wildman–Crippen LogP) is 2.13. The molecule has 0 spiro atoms. The van der Waals surface area contributed by atoms with Crippen LogP contribution in [0.1, 0.15) is 54.0 Å². The summed E-state index contributed by atoms with van der Waals surface area (Å²) in [5.41, 5.74) is 2.02. The van der Waals surface area contributed by atoms with E-state index in [1.165, 1.54) is 0 Å². The van der Waals surface area contributed by atoms with Crippen molar-refractivity contribution in [2.45, 2.75) is 43.7 Å². The van der Waals surface area contributed by atoms with Gasteiger partial charge in [-0.05, 0) is 37.8 Å². The molecule has 1 aliphatic carbocycles. The molecule has 27 heavy (non-hydrogen) atoms. The molecule has 3 heterocycles. The number of nitrogens with zero attached hydrogens (tertiary/aromatic N) is 5. The third-order valence-corrected chi connectivity index (χ3v) is 5.71. The van der Waals surface area contributed by atoms with Gasteiger partial charge in [0.1, 0.15) is 5.52 Å². The molecule has 2 atom stereocenters. The van der Waals surface area contributed by atoms with E-state index in [-0.39, 0.29) is 24.0 Å². The number of fused-ring (bicyclic) bond motifs is 1. The lowest BCUT2D eigenvalue weighted by Crippen LogP contribution is -2.38. The van der Waals surface area contributed by atoms with Gasteiger partial charge >= 0.3 is 0 Å². The molecule has 1 aromatic carbocycles. The number of likely N-dealkylation sites (tertiary alicyclic amines) is 1. The number of carbonyl (C=O) groups is 1. The quantitative estimate of drug-likeness (QED) is 0.762. The normalized spacial score (nSPS) is 23.5. The summed E-state index contributed by atoms with van der Waals surface area (Å²) in [6.07, 6.45) is 4.54. The zero-order valence-electron chi connectivity index (χ0n) is 14.9. The average Bonchev–Trinajstić information content (AvgIpc) is 3.33. The molecule has 0 bridgehead atoms. The van der Waals surface area contributed by atoms with E-state index in [0.29, 0.717) is 18.8 Å². The van der Waals surface area contributed by atoms with Crippen molar-refractivity contribution in [2.24, 2.45) is 0 Å². The molecule has 2 aliphatic rings. The summed E-state index contributed by atoms with van der Waals surface area (Å²) in [6.45, 7) is 1.28. The molecular weight excluding hydrogens is 346 g/mol. The molecule has 0 unspecified atom stereocenters. The number of hydrogen-bond acceptors (Lipinski definition) is 6. The molecular formula is C19H21N5O3. The van der Waals surface area contributed by atoms with Gasteiger partial charge in [-0.25, -0.2) is 9.67 Å². The van der Waals surface area contributed by atoms with Gasteiger partial charge < -0.3 is 14.4 Å². The van der Waals surface area contributed by atoms with Crippen molar-refractivity contribution in [1.29, 1.82) is 0 Å². The molecule has 8 nitrogen and oxygen atoms in total. The van der Waals surface area contributed by atoms with Crippen molar-refractivity contribution in [3.8, 4) is 0 Å². The number of aromatic nitrogens is 4. The first-order chi connectivity index (χ1) is 13.2. The van der Waals surface area contributed by atoms with Crippen LogP contribution in [0.2, 0.25) is 0 Å². The minimum absolute atomic E-state index is 0.0519. The Bertz CT molecular complexity index is 940. The smallest absolute Gasteiger partial charge is 0.276 e. The Morgan fingerprint density at radius 1 is 1.15 bits per heavy atom. The van der Waals surface area contributed by atoms with Crippen molar-refractivity contribution in [3.05, 3.63) is 42.0 Å². The molecule has 5 rings (SSSR count). The lowest BCUT2D eigenvalue weighted by molar-refractivity contribution is 0.0244. The topological polar surface area (TPSA) is 97.3 Å². The van der Waals surface area contributed by atoms with Crippen LogP contribution in [0.25, 0.3) is 11.1 Å². The molecule has 2 aromatic heterocycles. The van der Waals surface area contributed by atoms with Crippen LogP contribution in [0.4, 0.5) is 0 Å². The van der Waals surface area contributed by atoms with Crippen molar-refractivity contribution < 1.29 is 14.3 Å². The highest BCUT2D eigenvalue weighted by Crippen LogP contribution is 2.32. The van der Waals surface area contributed by atoms with Gasteiger partial charge in [-0.15, -0.1) is 5.10 Å². The maximum absolute atomic E-state index is 12.7. The summed E-state index contributed by atoms with van der Waals surface area (Å²) >= 11 is 0. The summed E-state index contributed by atoms with van der Waals surface area (Å²) in [5, 5.41) is 17.8. The fourth-order valence-electron chi connectivity index (χ4n) is 3.87. The Kier molecular flexibility index (Phi) is 3.93. The summed E-state index contributed by atoms with van der Waals surface area (Å²) in [4.78, 5) is 19.1. The number of carbonyl (C=O) groups excluding carboxylic acids is 1. The minimum Gasteiger partial charge on any atom is -0.440 e. The van der Waals surface area contributed by atoms with Gasteiger partial charge in [-0.2, -0.15) is 0 Å². The van der Waals surface area contributed by atoms with Gasteiger partial charge in [-0.1, -0.05) is 17.3 Å². The minimum atomic E-state index is -0.387. The SMILES string of the molecule is O=C(c1cn([C@@H]2CC[C@H]2O)nn1)N1CCC(c2nc3ccccc3o2)CC1. The van der Waals surface area contributed by atoms with Crippen LogP contribution in [0.15, 0.2) is 34.9 Å². The van der Waals surface area contributed by atoms with Crippen LogP contribution < -0.4 is 0 Å². The fourth-order valence-corrected chi connectivity index (χ4v) is 3.87. The van der Waals surface area contributed by atoms with Gasteiger partial charge in [0.15, 0.2) is 17.2 Å². The molecule has 140 valence electrons. The average molecular weight is 367 g/mol. The van der Waals surface area contributed by atoms with Gasteiger partial charge in [-0.3, -0.25) is 4.79 Å². The third kappa shape index (κ3) is 2.90. The number of oxazole rings is 1. The number of hydrogen-bond donors (Lipinski definition) is 1. The number of amides is 1. The van der Waals surface area contributed by atoms with E-state index in [4.69, 9.17) is 4.42 Å². The second-order valence-electron chi connectivity index (χ2n) is 7.38. The van der Waals surface area contributed by atoms with Gasteiger partial charge in [0, 0.05) is 19.0 Å². The van der Waals surface area contributed by atoms with Crippen molar-refractivity contribution in [3.63, 3.8) is 0 Å². The van der Waals surface area contributed by atoms with E-state index in [1.54, 1.807) is 10.9 Å². The molecule has 2 fully saturated rings. The van der Waals surface area contributed by atoms with Gasteiger partial charge in [0.25, 0.3) is 5.91 Å². The van der Waals surface area contributed by atoms with E-state index in [9.17, 15) is 9.90 Å². The van der Waals surface area contributed by atoms with E-state index in [0.717, 1.165) is 42.7 Å². The van der Waals surface area contributed by atoms with Gasteiger partial charge in [0.2, 0.25) is 0 Å². The van der Waals surface area contributed by atoms with Gasteiger partial charge in [0.05, 0.1) is 18.3 Å². The van der Waals surface area contributed by atoms with Crippen LogP contribution in [-0.4, -0.2) is 55.1 Å². The number of aliphatic hydroxyl groups is 1. The second-order valence-corrected chi connectivity index (χ2v) is 7.38. The Morgan fingerprint density at radius 2 is 1.96 bits per heavy atom. The van der Waals surface area contributed by atoms with E-state index < -0.39 is 0 Å². The Balaban J connectivity index is 1.24. The standard InChI is InChI=1S/C19H21N5O3/c25-16-6-5-15(16)24-11-14(21-22-24)19(26)23-9-7-12(8-10-23)18-20-13-3-1-2-4-17(13)27-18/h1-4,11-12,15-16,25H,5-10H2/t15-,16-/m1/s1. The first kappa shape index (κ1) is 16.4. The summed E-state index contributed by atoms with van der Waals surface area (Å²) in [6, 6.07) is 7.71. The maximum atomic E-state index is 12.7. The highest BCUT2D eigenvalue weighted by molar-refractivity contribution is 5.92. The highest BCUT2D eigenvalue weighted by Gasteiger charge is 2.33. The molecule has 1 amide bonds. The zero-order chi connectivity index (χ0) is 18.4. The number of rotatable bonds is 3. The number of para-hydroxylation sites is 2. The largest absolute Gasteiger partial charge is 0.440 e. The Hall–Kier alpha value is -2.74. The van der Waals surface area contributed by atoms with Crippen molar-refractivity contribution >= 4 is 17.0 Å². The lowest BCUT2D eigenvalue weighted by atomic mass is 9.89. The maximum Gasteiger partial charge on any atom is 0.276 e. The second kappa shape index (κ2) is 6.45. The van der Waals surface area contributed by atoms with E-state index in [1.807, 2.05) is 29.2 Å². The highest BCUT2D eigenvalue weighted by atomic mass is 16.3. The van der Waals surface area contributed by atoms with Crippen LogP contribution in [0.5, 0.6) is 0 Å². The van der Waals surface area contributed by atoms with Crippen LogP contribution in [0.3, 0.4) is 0 Å². The Morgan fingerprint density at radius 3 is 2.67 bits per heavy atom. The van der Waals surface area contributed by atoms with E-state index in [2.05, 4.69) is 15.3 Å². The van der Waals surface area contributed by atoms with Crippen LogP contribution in [-0.2, 0) is 0 Å². The van der Waals surface area contributed by atoms with Crippen LogP contribution >= 0.6 is 0 Å². The summed E-state index contributed by atoms with van der Waals surface area (Å²) in [7, 11) is 0. The monoisotopic (exact) mass is 367 g/mol.